The number of rotatable bonds is 7. The van der Waals surface area contributed by atoms with E-state index in [1.807, 2.05) is 45.0 Å². The SMILES string of the molecule is CCOc1cc(C=NNC(=O)c2cc3ccccc3cc2O)cc(Cl)c1OC(C)C. The van der Waals surface area contributed by atoms with Gasteiger partial charge in [0.2, 0.25) is 0 Å². The van der Waals surface area contributed by atoms with Crippen LogP contribution in [0.4, 0.5) is 0 Å². The van der Waals surface area contributed by atoms with E-state index in [1.54, 1.807) is 24.3 Å². The van der Waals surface area contributed by atoms with Gasteiger partial charge in [0.05, 0.1) is 29.5 Å². The number of amides is 1. The lowest BCUT2D eigenvalue weighted by atomic mass is 10.1. The molecule has 3 rings (SSSR count). The Morgan fingerprint density at radius 3 is 2.57 bits per heavy atom. The van der Waals surface area contributed by atoms with Crippen molar-refractivity contribution < 1.29 is 19.4 Å². The fraction of sp³-hybridized carbons (Fsp3) is 0.217. The Hall–Kier alpha value is -3.25. The van der Waals surface area contributed by atoms with E-state index in [0.717, 1.165) is 10.8 Å². The number of nitrogens with one attached hydrogen (secondary N) is 1. The maximum absolute atomic E-state index is 12.5. The second kappa shape index (κ2) is 9.50. The summed E-state index contributed by atoms with van der Waals surface area (Å²) in [5, 5.41) is 16.2. The van der Waals surface area contributed by atoms with Gasteiger partial charge in [-0.05, 0) is 61.4 Å². The van der Waals surface area contributed by atoms with Crippen LogP contribution in [0.25, 0.3) is 10.8 Å². The number of carbonyl (C=O) groups is 1. The van der Waals surface area contributed by atoms with Crippen molar-refractivity contribution in [3.05, 3.63) is 64.7 Å². The number of fused-ring (bicyclic) bond motifs is 1. The number of hydrogen-bond acceptors (Lipinski definition) is 5. The van der Waals surface area contributed by atoms with Crippen molar-refractivity contribution in [2.24, 2.45) is 5.10 Å². The summed E-state index contributed by atoms with van der Waals surface area (Å²) in [5.41, 5.74) is 3.19. The van der Waals surface area contributed by atoms with Gasteiger partial charge in [-0.1, -0.05) is 35.9 Å². The van der Waals surface area contributed by atoms with Gasteiger partial charge in [-0.25, -0.2) is 5.43 Å². The molecule has 30 heavy (non-hydrogen) atoms. The zero-order valence-corrected chi connectivity index (χ0v) is 17.7. The maximum Gasteiger partial charge on any atom is 0.275 e. The molecule has 3 aromatic rings. The van der Waals surface area contributed by atoms with Gasteiger partial charge in [0.1, 0.15) is 5.75 Å². The molecule has 7 heteroatoms. The number of aromatic hydroxyl groups is 1. The molecule has 0 bridgehead atoms. The Kier molecular flexibility index (Phi) is 6.79. The molecule has 0 atom stereocenters. The summed E-state index contributed by atoms with van der Waals surface area (Å²) in [6, 6.07) is 14.0. The number of benzene rings is 3. The van der Waals surface area contributed by atoms with Crippen molar-refractivity contribution in [1.82, 2.24) is 5.43 Å². The largest absolute Gasteiger partial charge is 0.507 e. The molecule has 6 nitrogen and oxygen atoms in total. The quantitative estimate of drug-likeness (QED) is 0.404. The average molecular weight is 427 g/mol. The van der Waals surface area contributed by atoms with Gasteiger partial charge >= 0.3 is 0 Å². The molecule has 0 unspecified atom stereocenters. The molecule has 0 aliphatic heterocycles. The van der Waals surface area contributed by atoms with E-state index < -0.39 is 5.91 Å². The minimum absolute atomic E-state index is 0.0601. The topological polar surface area (TPSA) is 80.2 Å². The minimum atomic E-state index is -0.523. The standard InChI is InChI=1S/C23H23ClN2O4/c1-4-29-21-10-15(9-19(24)22(21)30-14(2)3)13-25-26-23(28)18-11-16-7-5-6-8-17(16)12-20(18)27/h5-14,27H,4H2,1-3H3,(H,26,28). The Balaban J connectivity index is 1.79. The van der Waals surface area contributed by atoms with Crippen molar-refractivity contribution in [3.63, 3.8) is 0 Å². The molecule has 0 spiro atoms. The number of carbonyl (C=O) groups excluding carboxylic acids is 1. The Morgan fingerprint density at radius 2 is 1.90 bits per heavy atom. The molecule has 1 amide bonds. The van der Waals surface area contributed by atoms with Gasteiger partial charge in [0, 0.05) is 0 Å². The third kappa shape index (κ3) is 5.02. The van der Waals surface area contributed by atoms with Gasteiger partial charge in [0.15, 0.2) is 11.5 Å². The lowest BCUT2D eigenvalue weighted by molar-refractivity contribution is 0.0952. The van der Waals surface area contributed by atoms with Crippen LogP contribution in [0, 0.1) is 0 Å². The van der Waals surface area contributed by atoms with Gasteiger partial charge in [-0.15, -0.1) is 0 Å². The van der Waals surface area contributed by atoms with Crippen LogP contribution in [-0.4, -0.2) is 29.9 Å². The van der Waals surface area contributed by atoms with Crippen LogP contribution < -0.4 is 14.9 Å². The molecule has 0 radical (unpaired) electrons. The first kappa shape index (κ1) is 21.5. The predicted molar refractivity (Wildman–Crippen MR) is 119 cm³/mol. The molecule has 3 aromatic carbocycles. The molecule has 156 valence electrons. The fourth-order valence-corrected chi connectivity index (χ4v) is 3.17. The summed E-state index contributed by atoms with van der Waals surface area (Å²) in [5.74, 6) is 0.332. The van der Waals surface area contributed by atoms with E-state index in [1.165, 1.54) is 6.21 Å². The molecule has 0 aliphatic carbocycles. The van der Waals surface area contributed by atoms with Crippen LogP contribution in [0.3, 0.4) is 0 Å². The third-order valence-corrected chi connectivity index (χ3v) is 4.45. The number of hydrazone groups is 1. The monoisotopic (exact) mass is 426 g/mol. The summed E-state index contributed by atoms with van der Waals surface area (Å²) in [6.07, 6.45) is 1.39. The second-order valence-electron chi connectivity index (χ2n) is 6.85. The maximum atomic E-state index is 12.5. The van der Waals surface area contributed by atoms with Crippen molar-refractivity contribution in [2.75, 3.05) is 6.61 Å². The highest BCUT2D eigenvalue weighted by atomic mass is 35.5. The van der Waals surface area contributed by atoms with Crippen molar-refractivity contribution in [2.45, 2.75) is 26.9 Å². The normalized spacial score (nSPS) is 11.2. The highest BCUT2D eigenvalue weighted by Crippen LogP contribution is 2.37. The number of nitrogens with zero attached hydrogens (tertiary/aromatic N) is 1. The highest BCUT2D eigenvalue weighted by molar-refractivity contribution is 6.32. The lowest BCUT2D eigenvalue weighted by Crippen LogP contribution is -2.17. The predicted octanol–water partition coefficient (Wildman–Crippen LogP) is 5.15. The summed E-state index contributed by atoms with van der Waals surface area (Å²) < 4.78 is 11.4. The number of hydrogen-bond donors (Lipinski definition) is 2. The summed E-state index contributed by atoms with van der Waals surface area (Å²) in [6.45, 7) is 6.12. The van der Waals surface area contributed by atoms with E-state index in [9.17, 15) is 9.90 Å². The lowest BCUT2D eigenvalue weighted by Gasteiger charge is -2.16. The second-order valence-corrected chi connectivity index (χ2v) is 7.25. The van der Waals surface area contributed by atoms with E-state index in [4.69, 9.17) is 21.1 Å². The summed E-state index contributed by atoms with van der Waals surface area (Å²) in [4.78, 5) is 12.5. The first-order valence-electron chi connectivity index (χ1n) is 9.57. The van der Waals surface area contributed by atoms with E-state index in [2.05, 4.69) is 10.5 Å². The molecule has 0 aromatic heterocycles. The van der Waals surface area contributed by atoms with E-state index in [-0.39, 0.29) is 17.4 Å². The van der Waals surface area contributed by atoms with Gasteiger partial charge in [-0.2, -0.15) is 5.10 Å². The summed E-state index contributed by atoms with van der Waals surface area (Å²) >= 11 is 6.34. The number of phenols is 1. The zero-order valence-electron chi connectivity index (χ0n) is 17.0. The van der Waals surface area contributed by atoms with Crippen LogP contribution in [-0.2, 0) is 0 Å². The first-order chi connectivity index (χ1) is 14.4. The van der Waals surface area contributed by atoms with Gasteiger partial charge < -0.3 is 14.6 Å². The van der Waals surface area contributed by atoms with Crippen LogP contribution in [0.2, 0.25) is 5.02 Å². The summed E-state index contributed by atoms with van der Waals surface area (Å²) in [7, 11) is 0. The fourth-order valence-electron chi connectivity index (χ4n) is 2.91. The molecular formula is C23H23ClN2O4. The Bertz CT molecular complexity index is 1100. The number of ether oxygens (including phenoxy) is 2. The number of phenolic OH excluding ortho intramolecular Hbond substituents is 1. The highest BCUT2D eigenvalue weighted by Gasteiger charge is 2.14. The van der Waals surface area contributed by atoms with Crippen molar-refractivity contribution in [3.8, 4) is 17.2 Å². The minimum Gasteiger partial charge on any atom is -0.507 e. The van der Waals surface area contributed by atoms with Crippen LogP contribution in [0.5, 0.6) is 17.2 Å². The van der Waals surface area contributed by atoms with Crippen molar-refractivity contribution >= 4 is 34.5 Å². The van der Waals surface area contributed by atoms with Crippen molar-refractivity contribution in [1.29, 1.82) is 0 Å². The molecule has 0 fully saturated rings. The Labute approximate surface area is 180 Å². The molecule has 0 aliphatic rings. The average Bonchev–Trinajstić information content (AvgIpc) is 2.70. The van der Waals surface area contributed by atoms with Gasteiger partial charge in [-0.3, -0.25) is 4.79 Å². The van der Waals surface area contributed by atoms with Crippen LogP contribution in [0.15, 0.2) is 53.6 Å². The number of halogens is 1. The smallest absolute Gasteiger partial charge is 0.275 e. The van der Waals surface area contributed by atoms with Gasteiger partial charge in [0.25, 0.3) is 5.91 Å². The first-order valence-corrected chi connectivity index (χ1v) is 9.95. The van der Waals surface area contributed by atoms with E-state index >= 15 is 0 Å². The van der Waals surface area contributed by atoms with Crippen LogP contribution >= 0.6 is 11.6 Å². The molecule has 2 N–H and O–H groups in total. The zero-order chi connectivity index (χ0) is 21.7. The molecular weight excluding hydrogens is 404 g/mol. The van der Waals surface area contributed by atoms with Crippen LogP contribution in [0.1, 0.15) is 36.7 Å². The third-order valence-electron chi connectivity index (χ3n) is 4.17. The molecule has 0 saturated carbocycles. The Morgan fingerprint density at radius 1 is 1.20 bits per heavy atom. The van der Waals surface area contributed by atoms with E-state index in [0.29, 0.717) is 28.7 Å². The molecule has 0 saturated heterocycles. The molecule has 0 heterocycles.